The Balaban J connectivity index is 1.67. The Morgan fingerprint density at radius 2 is 2.17 bits per heavy atom. The molecular weight excluding hydrogens is 226 g/mol. The van der Waals surface area contributed by atoms with E-state index in [4.69, 9.17) is 4.74 Å². The van der Waals surface area contributed by atoms with Gasteiger partial charge in [0.25, 0.3) is 0 Å². The second-order valence-corrected chi connectivity index (χ2v) is 5.68. The Morgan fingerprint density at radius 1 is 1.33 bits per heavy atom. The summed E-state index contributed by atoms with van der Waals surface area (Å²) in [6.45, 7) is 2.44. The van der Waals surface area contributed by atoms with E-state index in [1.54, 1.807) is 0 Å². The molecule has 1 aliphatic carbocycles. The van der Waals surface area contributed by atoms with Gasteiger partial charge in [0.15, 0.2) is 0 Å². The first-order valence-corrected chi connectivity index (χ1v) is 6.83. The zero-order valence-corrected chi connectivity index (χ0v) is 10.7. The molecule has 1 aliphatic heterocycles. The second kappa shape index (κ2) is 5.00. The fourth-order valence-electron chi connectivity index (χ4n) is 2.95. The van der Waals surface area contributed by atoms with Crippen molar-refractivity contribution in [2.24, 2.45) is 5.41 Å². The number of aliphatic hydroxyl groups excluding tert-OH is 1. The number of benzene rings is 1. The summed E-state index contributed by atoms with van der Waals surface area (Å²) in [5, 5.41) is 13.1. The minimum absolute atomic E-state index is 0.0353. The molecule has 1 aromatic carbocycles. The lowest BCUT2D eigenvalue weighted by Gasteiger charge is -2.41. The van der Waals surface area contributed by atoms with E-state index in [2.05, 4.69) is 29.6 Å². The Labute approximate surface area is 108 Å². The minimum atomic E-state index is -0.0353. The van der Waals surface area contributed by atoms with Crippen molar-refractivity contribution in [2.75, 3.05) is 26.4 Å². The number of aryl methyl sites for hydroxylation is 1. The maximum absolute atomic E-state index is 9.44. The molecule has 98 valence electrons. The Morgan fingerprint density at radius 3 is 2.89 bits per heavy atom. The van der Waals surface area contributed by atoms with E-state index in [9.17, 15) is 5.11 Å². The van der Waals surface area contributed by atoms with Gasteiger partial charge in [-0.1, -0.05) is 24.3 Å². The van der Waals surface area contributed by atoms with E-state index in [0.717, 1.165) is 6.54 Å². The monoisotopic (exact) mass is 247 g/mol. The third kappa shape index (κ3) is 2.18. The number of hydrogen-bond donors (Lipinski definition) is 2. The fourth-order valence-corrected chi connectivity index (χ4v) is 2.95. The van der Waals surface area contributed by atoms with Gasteiger partial charge in [0.2, 0.25) is 0 Å². The molecule has 1 heterocycles. The highest BCUT2D eigenvalue weighted by Gasteiger charge is 2.38. The average Bonchev–Trinajstić information content (AvgIpc) is 2.38. The normalized spacial score (nSPS) is 25.3. The second-order valence-electron chi connectivity index (χ2n) is 5.68. The van der Waals surface area contributed by atoms with E-state index >= 15 is 0 Å². The molecular formula is C15H21NO2. The van der Waals surface area contributed by atoms with Gasteiger partial charge in [0.05, 0.1) is 25.2 Å². The molecule has 0 amide bonds. The molecule has 0 bridgehead atoms. The first kappa shape index (κ1) is 12.2. The quantitative estimate of drug-likeness (QED) is 0.850. The van der Waals surface area contributed by atoms with Crippen LogP contribution in [0.15, 0.2) is 24.3 Å². The van der Waals surface area contributed by atoms with Crippen molar-refractivity contribution in [3.05, 3.63) is 35.4 Å². The van der Waals surface area contributed by atoms with Crippen LogP contribution in [0, 0.1) is 5.41 Å². The zero-order valence-electron chi connectivity index (χ0n) is 10.7. The first-order chi connectivity index (χ1) is 8.83. The molecule has 1 atom stereocenters. The third-order valence-corrected chi connectivity index (χ3v) is 4.24. The smallest absolute Gasteiger partial charge is 0.0579 e. The standard InChI is InChI=1S/C15H21NO2/c17-9-15(10-18-11-15)8-16-14-7-3-5-12-4-1-2-6-13(12)14/h1-2,4,6,14,16-17H,3,5,7-11H2. The topological polar surface area (TPSA) is 41.5 Å². The molecule has 1 aromatic rings. The predicted molar refractivity (Wildman–Crippen MR) is 70.5 cm³/mol. The molecule has 3 rings (SSSR count). The molecule has 2 N–H and O–H groups in total. The summed E-state index contributed by atoms with van der Waals surface area (Å²) in [5.41, 5.74) is 2.88. The van der Waals surface area contributed by atoms with Crippen LogP contribution in [-0.2, 0) is 11.2 Å². The van der Waals surface area contributed by atoms with Crippen molar-refractivity contribution in [1.82, 2.24) is 5.32 Å². The molecule has 0 radical (unpaired) electrons. The summed E-state index contributed by atoms with van der Waals surface area (Å²) >= 11 is 0. The van der Waals surface area contributed by atoms with Crippen molar-refractivity contribution in [2.45, 2.75) is 25.3 Å². The summed E-state index contributed by atoms with van der Waals surface area (Å²) in [7, 11) is 0. The number of hydrogen-bond acceptors (Lipinski definition) is 3. The van der Waals surface area contributed by atoms with Crippen molar-refractivity contribution in [3.8, 4) is 0 Å². The summed E-state index contributed by atoms with van der Waals surface area (Å²) in [4.78, 5) is 0. The van der Waals surface area contributed by atoms with Crippen LogP contribution in [0.4, 0.5) is 0 Å². The third-order valence-electron chi connectivity index (χ3n) is 4.24. The Bertz CT molecular complexity index is 409. The first-order valence-electron chi connectivity index (χ1n) is 6.83. The van der Waals surface area contributed by atoms with Crippen molar-refractivity contribution >= 4 is 0 Å². The average molecular weight is 247 g/mol. The highest BCUT2D eigenvalue weighted by atomic mass is 16.5. The van der Waals surface area contributed by atoms with Crippen LogP contribution in [0.3, 0.4) is 0 Å². The highest BCUT2D eigenvalue weighted by Crippen LogP contribution is 2.32. The Hall–Kier alpha value is -0.900. The molecule has 1 fully saturated rings. The number of fused-ring (bicyclic) bond motifs is 1. The van der Waals surface area contributed by atoms with Crippen molar-refractivity contribution in [1.29, 1.82) is 0 Å². The molecule has 3 heteroatoms. The van der Waals surface area contributed by atoms with Gasteiger partial charge in [-0.2, -0.15) is 0 Å². The van der Waals surface area contributed by atoms with E-state index in [1.807, 2.05) is 0 Å². The zero-order chi connectivity index (χ0) is 12.4. The van der Waals surface area contributed by atoms with Crippen LogP contribution in [0.1, 0.15) is 30.0 Å². The molecule has 18 heavy (non-hydrogen) atoms. The highest BCUT2D eigenvalue weighted by molar-refractivity contribution is 5.32. The molecule has 3 nitrogen and oxygen atoms in total. The van der Waals surface area contributed by atoms with Gasteiger partial charge in [-0.05, 0) is 30.4 Å². The van der Waals surface area contributed by atoms with Gasteiger partial charge in [-0.15, -0.1) is 0 Å². The van der Waals surface area contributed by atoms with E-state index in [-0.39, 0.29) is 12.0 Å². The lowest BCUT2D eigenvalue weighted by atomic mass is 9.84. The largest absolute Gasteiger partial charge is 0.396 e. The number of rotatable bonds is 4. The fraction of sp³-hybridized carbons (Fsp3) is 0.600. The van der Waals surface area contributed by atoms with Crippen LogP contribution < -0.4 is 5.32 Å². The SMILES string of the molecule is OCC1(CNC2CCCc3ccccc32)COC1. The number of aliphatic hydroxyl groups is 1. The lowest BCUT2D eigenvalue weighted by Crippen LogP contribution is -2.52. The summed E-state index contributed by atoms with van der Waals surface area (Å²) in [6, 6.07) is 9.15. The lowest BCUT2D eigenvalue weighted by molar-refractivity contribution is -0.135. The van der Waals surface area contributed by atoms with Gasteiger partial charge in [0, 0.05) is 12.6 Å². The predicted octanol–water partition coefficient (Wildman–Crippen LogP) is 1.66. The van der Waals surface area contributed by atoms with E-state index < -0.39 is 0 Å². The van der Waals surface area contributed by atoms with Crippen molar-refractivity contribution in [3.63, 3.8) is 0 Å². The van der Waals surface area contributed by atoms with E-state index in [1.165, 1.54) is 30.4 Å². The molecule has 2 aliphatic rings. The van der Waals surface area contributed by atoms with Crippen LogP contribution in [-0.4, -0.2) is 31.5 Å². The van der Waals surface area contributed by atoms with Crippen LogP contribution >= 0.6 is 0 Å². The number of ether oxygens (including phenoxy) is 1. The van der Waals surface area contributed by atoms with E-state index in [0.29, 0.717) is 19.3 Å². The number of nitrogens with one attached hydrogen (secondary N) is 1. The maximum Gasteiger partial charge on any atom is 0.0579 e. The van der Waals surface area contributed by atoms with Gasteiger partial charge in [-0.3, -0.25) is 0 Å². The van der Waals surface area contributed by atoms with Crippen LogP contribution in [0.5, 0.6) is 0 Å². The van der Waals surface area contributed by atoms with Gasteiger partial charge >= 0.3 is 0 Å². The molecule has 0 saturated carbocycles. The van der Waals surface area contributed by atoms with Crippen LogP contribution in [0.2, 0.25) is 0 Å². The van der Waals surface area contributed by atoms with Gasteiger partial charge < -0.3 is 15.2 Å². The van der Waals surface area contributed by atoms with Crippen molar-refractivity contribution < 1.29 is 9.84 Å². The minimum Gasteiger partial charge on any atom is -0.396 e. The van der Waals surface area contributed by atoms with Crippen LogP contribution in [0.25, 0.3) is 0 Å². The summed E-state index contributed by atoms with van der Waals surface area (Å²) < 4.78 is 5.24. The molecule has 0 aromatic heterocycles. The molecule has 0 spiro atoms. The molecule has 1 unspecified atom stereocenters. The summed E-state index contributed by atoms with van der Waals surface area (Å²) in [5.74, 6) is 0. The Kier molecular flexibility index (Phi) is 3.37. The van der Waals surface area contributed by atoms with Gasteiger partial charge in [-0.25, -0.2) is 0 Å². The summed E-state index contributed by atoms with van der Waals surface area (Å²) in [6.07, 6.45) is 3.64. The maximum atomic E-state index is 9.44. The van der Waals surface area contributed by atoms with Gasteiger partial charge in [0.1, 0.15) is 0 Å². The molecule has 1 saturated heterocycles.